The predicted octanol–water partition coefficient (Wildman–Crippen LogP) is 3.38. The highest BCUT2D eigenvalue weighted by Crippen LogP contribution is 2.33. The van der Waals surface area contributed by atoms with Gasteiger partial charge in [-0.25, -0.2) is 0 Å². The van der Waals surface area contributed by atoms with E-state index in [0.717, 1.165) is 24.0 Å². The van der Waals surface area contributed by atoms with Crippen molar-refractivity contribution in [3.05, 3.63) is 34.9 Å². The van der Waals surface area contributed by atoms with E-state index in [1.807, 2.05) is 32.0 Å². The second-order valence-electron chi connectivity index (χ2n) is 5.50. The van der Waals surface area contributed by atoms with Crippen molar-refractivity contribution in [3.63, 3.8) is 0 Å². The monoisotopic (exact) mass is 260 g/mol. The van der Waals surface area contributed by atoms with Crippen LogP contribution in [-0.2, 0) is 4.79 Å². The van der Waals surface area contributed by atoms with E-state index in [2.05, 4.69) is 0 Å². The number of carbonyl (C=O) groups is 2. The molecule has 0 aliphatic heterocycles. The van der Waals surface area contributed by atoms with Gasteiger partial charge in [-0.2, -0.15) is 0 Å². The van der Waals surface area contributed by atoms with Gasteiger partial charge in [0, 0.05) is 11.5 Å². The summed E-state index contributed by atoms with van der Waals surface area (Å²) in [4.78, 5) is 23.8. The van der Waals surface area contributed by atoms with Crippen molar-refractivity contribution in [2.24, 2.45) is 11.8 Å². The van der Waals surface area contributed by atoms with Crippen LogP contribution < -0.4 is 0 Å². The number of benzene rings is 1. The molecule has 1 aromatic carbocycles. The third-order valence-corrected chi connectivity index (χ3v) is 4.21. The topological polar surface area (TPSA) is 54.4 Å². The lowest BCUT2D eigenvalue weighted by Gasteiger charge is -2.27. The number of carbonyl (C=O) groups excluding carboxylic acids is 1. The van der Waals surface area contributed by atoms with Crippen molar-refractivity contribution >= 4 is 11.8 Å². The van der Waals surface area contributed by atoms with Crippen LogP contribution in [0.3, 0.4) is 0 Å². The number of carboxylic acids is 1. The molecule has 1 N–H and O–H groups in total. The number of Topliss-reactive ketones (excluding diaryl/α,β-unsaturated/α-hetero) is 1. The Balaban J connectivity index is 2.26. The molecule has 3 nitrogen and oxygen atoms in total. The van der Waals surface area contributed by atoms with Crippen LogP contribution >= 0.6 is 0 Å². The second-order valence-corrected chi connectivity index (χ2v) is 5.50. The van der Waals surface area contributed by atoms with E-state index in [4.69, 9.17) is 0 Å². The molecular formula is C16H20O3. The molecule has 1 aromatic rings. The van der Waals surface area contributed by atoms with Crippen LogP contribution in [-0.4, -0.2) is 16.9 Å². The molecule has 102 valence electrons. The van der Waals surface area contributed by atoms with Crippen LogP contribution in [0.25, 0.3) is 0 Å². The average Bonchev–Trinajstić information content (AvgIpc) is 2.41. The summed E-state index contributed by atoms with van der Waals surface area (Å²) in [5.74, 6) is -1.70. The normalized spacial score (nSPS) is 23.1. The molecule has 1 aliphatic rings. The minimum atomic E-state index is -0.832. The molecule has 0 amide bonds. The summed E-state index contributed by atoms with van der Waals surface area (Å²) in [5.41, 5.74) is 2.88. The summed E-state index contributed by atoms with van der Waals surface area (Å²) >= 11 is 0. The Hall–Kier alpha value is -1.64. The van der Waals surface area contributed by atoms with E-state index in [1.165, 1.54) is 0 Å². The molecule has 1 saturated carbocycles. The van der Waals surface area contributed by atoms with Crippen LogP contribution in [0.1, 0.15) is 47.2 Å². The number of aryl methyl sites for hydroxylation is 2. The SMILES string of the molecule is Cc1ccc(C(=O)[C@H]2CCCC[C@@H]2C(=O)O)cc1C. The summed E-state index contributed by atoms with van der Waals surface area (Å²) in [6.07, 6.45) is 3.18. The van der Waals surface area contributed by atoms with Gasteiger partial charge in [0.15, 0.2) is 5.78 Å². The Morgan fingerprint density at radius 3 is 2.26 bits per heavy atom. The molecule has 0 unspecified atom stereocenters. The molecule has 0 saturated heterocycles. The minimum absolute atomic E-state index is 0.00444. The Kier molecular flexibility index (Phi) is 4.03. The van der Waals surface area contributed by atoms with E-state index in [1.54, 1.807) is 0 Å². The highest BCUT2D eigenvalue weighted by Gasteiger charge is 2.35. The molecule has 0 spiro atoms. The van der Waals surface area contributed by atoms with Gasteiger partial charge < -0.3 is 5.11 Å². The average molecular weight is 260 g/mol. The van der Waals surface area contributed by atoms with Crippen LogP contribution in [0, 0.1) is 25.7 Å². The predicted molar refractivity (Wildman–Crippen MR) is 73.3 cm³/mol. The van der Waals surface area contributed by atoms with Crippen LogP contribution in [0.2, 0.25) is 0 Å². The number of hydrogen-bond acceptors (Lipinski definition) is 2. The summed E-state index contributed by atoms with van der Waals surface area (Å²) in [6.45, 7) is 3.98. The lowest BCUT2D eigenvalue weighted by molar-refractivity contribution is -0.144. The minimum Gasteiger partial charge on any atom is -0.481 e. The van der Waals surface area contributed by atoms with E-state index in [0.29, 0.717) is 18.4 Å². The van der Waals surface area contributed by atoms with Gasteiger partial charge in [-0.1, -0.05) is 25.0 Å². The number of rotatable bonds is 3. The number of ketones is 1. The van der Waals surface area contributed by atoms with Crippen molar-refractivity contribution in [1.29, 1.82) is 0 Å². The zero-order valence-electron chi connectivity index (χ0n) is 11.5. The first-order chi connectivity index (χ1) is 9.00. The van der Waals surface area contributed by atoms with Gasteiger partial charge in [-0.3, -0.25) is 9.59 Å². The maximum absolute atomic E-state index is 12.5. The van der Waals surface area contributed by atoms with Crippen LogP contribution in [0.4, 0.5) is 0 Å². The first kappa shape index (κ1) is 13.8. The zero-order chi connectivity index (χ0) is 14.0. The fraction of sp³-hybridized carbons (Fsp3) is 0.500. The van der Waals surface area contributed by atoms with Crippen molar-refractivity contribution in [1.82, 2.24) is 0 Å². The molecule has 0 heterocycles. The summed E-state index contributed by atoms with van der Waals surface area (Å²) in [6, 6.07) is 5.63. The summed E-state index contributed by atoms with van der Waals surface area (Å²) in [5, 5.41) is 9.25. The van der Waals surface area contributed by atoms with Crippen LogP contribution in [0.5, 0.6) is 0 Å². The molecular weight excluding hydrogens is 240 g/mol. The molecule has 3 heteroatoms. The fourth-order valence-corrected chi connectivity index (χ4v) is 2.85. The number of hydrogen-bond donors (Lipinski definition) is 1. The highest BCUT2D eigenvalue weighted by atomic mass is 16.4. The zero-order valence-corrected chi connectivity index (χ0v) is 11.5. The Bertz CT molecular complexity index is 505. The van der Waals surface area contributed by atoms with Crippen molar-refractivity contribution in [3.8, 4) is 0 Å². The number of aliphatic carboxylic acids is 1. The Morgan fingerprint density at radius 2 is 1.68 bits per heavy atom. The van der Waals surface area contributed by atoms with Gasteiger partial charge in [0.2, 0.25) is 0 Å². The lowest BCUT2D eigenvalue weighted by atomic mass is 9.75. The lowest BCUT2D eigenvalue weighted by Crippen LogP contribution is -2.32. The summed E-state index contributed by atoms with van der Waals surface area (Å²) < 4.78 is 0. The highest BCUT2D eigenvalue weighted by molar-refractivity contribution is 6.00. The maximum Gasteiger partial charge on any atom is 0.307 e. The van der Waals surface area contributed by atoms with Gasteiger partial charge in [-0.15, -0.1) is 0 Å². The second kappa shape index (κ2) is 5.55. The fourth-order valence-electron chi connectivity index (χ4n) is 2.85. The number of carboxylic acid groups (broad SMARTS) is 1. The summed E-state index contributed by atoms with van der Waals surface area (Å²) in [7, 11) is 0. The first-order valence-electron chi connectivity index (χ1n) is 6.85. The van der Waals surface area contributed by atoms with E-state index >= 15 is 0 Å². The standard InChI is InChI=1S/C16H20O3/c1-10-7-8-12(9-11(10)2)15(17)13-5-3-4-6-14(13)16(18)19/h7-9,13-14H,3-6H2,1-2H3,(H,18,19)/t13-,14-/m0/s1. The van der Waals surface area contributed by atoms with Crippen LogP contribution in [0.15, 0.2) is 18.2 Å². The largest absolute Gasteiger partial charge is 0.481 e. The van der Waals surface area contributed by atoms with Gasteiger partial charge in [-0.05, 0) is 43.9 Å². The Morgan fingerprint density at radius 1 is 1.05 bits per heavy atom. The van der Waals surface area contributed by atoms with Gasteiger partial charge in [0.25, 0.3) is 0 Å². The van der Waals surface area contributed by atoms with E-state index in [-0.39, 0.29) is 11.7 Å². The van der Waals surface area contributed by atoms with E-state index < -0.39 is 11.9 Å². The third-order valence-electron chi connectivity index (χ3n) is 4.21. The van der Waals surface area contributed by atoms with Crippen molar-refractivity contribution in [2.75, 3.05) is 0 Å². The smallest absolute Gasteiger partial charge is 0.307 e. The van der Waals surface area contributed by atoms with Gasteiger partial charge in [0.05, 0.1) is 5.92 Å². The third kappa shape index (κ3) is 2.86. The molecule has 1 aliphatic carbocycles. The molecule has 2 rings (SSSR count). The molecule has 0 aromatic heterocycles. The van der Waals surface area contributed by atoms with Gasteiger partial charge in [0.1, 0.15) is 0 Å². The molecule has 2 atom stereocenters. The quantitative estimate of drug-likeness (QED) is 0.848. The van der Waals surface area contributed by atoms with Gasteiger partial charge >= 0.3 is 5.97 Å². The molecule has 19 heavy (non-hydrogen) atoms. The maximum atomic E-state index is 12.5. The molecule has 0 bridgehead atoms. The molecule has 1 fully saturated rings. The van der Waals surface area contributed by atoms with Crippen molar-refractivity contribution < 1.29 is 14.7 Å². The first-order valence-corrected chi connectivity index (χ1v) is 6.85. The van der Waals surface area contributed by atoms with Crippen molar-refractivity contribution in [2.45, 2.75) is 39.5 Å². The molecule has 0 radical (unpaired) electrons. The Labute approximate surface area is 113 Å². The van der Waals surface area contributed by atoms with E-state index in [9.17, 15) is 14.7 Å².